The molecule has 3 rings (SSSR count). The van der Waals surface area contributed by atoms with E-state index in [1.54, 1.807) is 12.1 Å². The third-order valence-electron chi connectivity index (χ3n) is 4.23. The number of nitrogens with zero attached hydrogens (tertiary/aromatic N) is 1. The Labute approximate surface area is 120 Å². The average molecular weight is 275 g/mol. The van der Waals surface area contributed by atoms with Crippen molar-refractivity contribution in [1.82, 2.24) is 4.90 Å². The standard InChI is InChI=1S/C17H22FNO/c18-16-3-1-2-15(10-16)17(20)8-9-19(11-13-4-5-13)12-14-6-7-14/h1-3,10,13-14H,4-9,11-12H2. The zero-order chi connectivity index (χ0) is 13.9. The Kier molecular flexibility index (Phi) is 4.16. The number of benzene rings is 1. The highest BCUT2D eigenvalue weighted by atomic mass is 19.1. The van der Waals surface area contributed by atoms with E-state index in [0.717, 1.165) is 31.5 Å². The van der Waals surface area contributed by atoms with Gasteiger partial charge in [0.25, 0.3) is 0 Å². The quantitative estimate of drug-likeness (QED) is 0.677. The number of Topliss-reactive ketones (excluding diaryl/α,β-unsaturated/α-hetero) is 1. The van der Waals surface area contributed by atoms with E-state index < -0.39 is 0 Å². The van der Waals surface area contributed by atoms with Crippen LogP contribution < -0.4 is 0 Å². The number of hydrogen-bond acceptors (Lipinski definition) is 2. The molecule has 0 radical (unpaired) electrons. The zero-order valence-electron chi connectivity index (χ0n) is 11.9. The minimum Gasteiger partial charge on any atom is -0.302 e. The van der Waals surface area contributed by atoms with Crippen molar-refractivity contribution in [3.8, 4) is 0 Å². The molecule has 3 heteroatoms. The van der Waals surface area contributed by atoms with Crippen LogP contribution in [0.1, 0.15) is 42.5 Å². The van der Waals surface area contributed by atoms with E-state index in [-0.39, 0.29) is 11.6 Å². The first-order valence-corrected chi connectivity index (χ1v) is 7.72. The smallest absolute Gasteiger partial charge is 0.164 e. The molecule has 20 heavy (non-hydrogen) atoms. The second kappa shape index (κ2) is 6.04. The van der Waals surface area contributed by atoms with E-state index in [2.05, 4.69) is 4.90 Å². The van der Waals surface area contributed by atoms with Gasteiger partial charge in [0.1, 0.15) is 5.82 Å². The molecule has 0 bridgehead atoms. The number of halogens is 1. The van der Waals surface area contributed by atoms with Gasteiger partial charge in [-0.2, -0.15) is 0 Å². The molecule has 0 aromatic heterocycles. The van der Waals surface area contributed by atoms with Gasteiger partial charge in [-0.3, -0.25) is 4.79 Å². The van der Waals surface area contributed by atoms with Crippen molar-refractivity contribution >= 4 is 5.78 Å². The molecule has 1 aromatic carbocycles. The molecule has 2 aliphatic carbocycles. The van der Waals surface area contributed by atoms with Crippen LogP contribution in [0.3, 0.4) is 0 Å². The van der Waals surface area contributed by atoms with E-state index in [9.17, 15) is 9.18 Å². The summed E-state index contributed by atoms with van der Waals surface area (Å²) in [5.74, 6) is 1.45. The summed E-state index contributed by atoms with van der Waals surface area (Å²) in [6.07, 6.45) is 5.89. The maximum absolute atomic E-state index is 13.1. The molecule has 0 aliphatic heterocycles. The molecule has 0 saturated heterocycles. The summed E-state index contributed by atoms with van der Waals surface area (Å²) in [7, 11) is 0. The van der Waals surface area contributed by atoms with Crippen LogP contribution >= 0.6 is 0 Å². The molecule has 0 heterocycles. The van der Waals surface area contributed by atoms with Crippen molar-refractivity contribution in [2.45, 2.75) is 32.1 Å². The highest BCUT2D eigenvalue weighted by molar-refractivity contribution is 5.96. The van der Waals surface area contributed by atoms with Gasteiger partial charge in [0.2, 0.25) is 0 Å². The molecule has 108 valence electrons. The monoisotopic (exact) mass is 275 g/mol. The van der Waals surface area contributed by atoms with Crippen molar-refractivity contribution < 1.29 is 9.18 Å². The minimum atomic E-state index is -0.330. The Morgan fingerprint density at radius 3 is 2.35 bits per heavy atom. The van der Waals surface area contributed by atoms with Crippen LogP contribution in [-0.4, -0.2) is 30.3 Å². The van der Waals surface area contributed by atoms with Gasteiger partial charge in [-0.05, 0) is 49.7 Å². The zero-order valence-corrected chi connectivity index (χ0v) is 11.9. The van der Waals surface area contributed by atoms with Gasteiger partial charge in [-0.15, -0.1) is 0 Å². The van der Waals surface area contributed by atoms with E-state index >= 15 is 0 Å². The molecule has 2 nitrogen and oxygen atoms in total. The fourth-order valence-corrected chi connectivity index (χ4v) is 2.65. The number of ketones is 1. The lowest BCUT2D eigenvalue weighted by molar-refractivity contribution is 0.0961. The fourth-order valence-electron chi connectivity index (χ4n) is 2.65. The highest BCUT2D eigenvalue weighted by Gasteiger charge is 2.29. The summed E-state index contributed by atoms with van der Waals surface area (Å²) in [6.45, 7) is 3.11. The van der Waals surface area contributed by atoms with Crippen LogP contribution in [-0.2, 0) is 0 Å². The molecule has 0 N–H and O–H groups in total. The lowest BCUT2D eigenvalue weighted by Gasteiger charge is -2.21. The highest BCUT2D eigenvalue weighted by Crippen LogP contribution is 2.33. The van der Waals surface area contributed by atoms with Crippen LogP contribution in [0.4, 0.5) is 4.39 Å². The number of carbonyl (C=O) groups is 1. The van der Waals surface area contributed by atoms with Crippen molar-refractivity contribution in [3.05, 3.63) is 35.6 Å². The molecule has 2 fully saturated rings. The molecular formula is C17H22FNO. The largest absolute Gasteiger partial charge is 0.302 e. The lowest BCUT2D eigenvalue weighted by Crippen LogP contribution is -2.30. The fraction of sp³-hybridized carbons (Fsp3) is 0.588. The van der Waals surface area contributed by atoms with Gasteiger partial charge in [-0.25, -0.2) is 4.39 Å². The van der Waals surface area contributed by atoms with Crippen LogP contribution in [0.2, 0.25) is 0 Å². The van der Waals surface area contributed by atoms with Crippen molar-refractivity contribution in [1.29, 1.82) is 0 Å². The topological polar surface area (TPSA) is 20.3 Å². The predicted octanol–water partition coefficient (Wildman–Crippen LogP) is 3.52. The van der Waals surface area contributed by atoms with Crippen LogP contribution in [0.5, 0.6) is 0 Å². The van der Waals surface area contributed by atoms with Gasteiger partial charge in [0.15, 0.2) is 5.78 Å². The summed E-state index contributed by atoms with van der Waals surface area (Å²) >= 11 is 0. The molecule has 2 saturated carbocycles. The van der Waals surface area contributed by atoms with Gasteiger partial charge < -0.3 is 4.90 Å². The van der Waals surface area contributed by atoms with Gasteiger partial charge in [-0.1, -0.05) is 12.1 Å². The molecule has 2 aliphatic rings. The van der Waals surface area contributed by atoms with Gasteiger partial charge in [0.05, 0.1) is 0 Å². The van der Waals surface area contributed by atoms with Crippen molar-refractivity contribution in [2.24, 2.45) is 11.8 Å². The van der Waals surface area contributed by atoms with E-state index in [1.807, 2.05) is 0 Å². The maximum atomic E-state index is 13.1. The minimum absolute atomic E-state index is 0.0566. The summed E-state index contributed by atoms with van der Waals surface area (Å²) in [5.41, 5.74) is 0.503. The molecular weight excluding hydrogens is 253 g/mol. The maximum Gasteiger partial charge on any atom is 0.164 e. The molecule has 0 atom stereocenters. The Hall–Kier alpha value is -1.22. The van der Waals surface area contributed by atoms with E-state index in [0.29, 0.717) is 12.0 Å². The molecule has 0 spiro atoms. The lowest BCUT2D eigenvalue weighted by atomic mass is 10.1. The number of carbonyl (C=O) groups excluding carboxylic acids is 1. The number of rotatable bonds is 8. The summed E-state index contributed by atoms with van der Waals surface area (Å²) in [6, 6.07) is 6.03. The van der Waals surface area contributed by atoms with Crippen LogP contribution in [0.15, 0.2) is 24.3 Å². The Morgan fingerprint density at radius 2 is 1.80 bits per heavy atom. The second-order valence-electron chi connectivity index (χ2n) is 6.33. The molecule has 1 aromatic rings. The van der Waals surface area contributed by atoms with E-state index in [4.69, 9.17) is 0 Å². The predicted molar refractivity (Wildman–Crippen MR) is 77.2 cm³/mol. The van der Waals surface area contributed by atoms with Crippen molar-refractivity contribution in [2.75, 3.05) is 19.6 Å². The van der Waals surface area contributed by atoms with Crippen LogP contribution in [0.25, 0.3) is 0 Å². The van der Waals surface area contributed by atoms with Gasteiger partial charge in [0, 0.05) is 31.6 Å². The summed E-state index contributed by atoms with van der Waals surface area (Å²) in [5, 5.41) is 0. The summed E-state index contributed by atoms with van der Waals surface area (Å²) < 4.78 is 13.1. The first-order valence-electron chi connectivity index (χ1n) is 7.72. The second-order valence-corrected chi connectivity index (χ2v) is 6.33. The van der Waals surface area contributed by atoms with E-state index in [1.165, 1.54) is 37.8 Å². The average Bonchev–Trinajstić information content (AvgIpc) is 3.31. The summed E-state index contributed by atoms with van der Waals surface area (Å²) in [4.78, 5) is 14.6. The molecule has 0 unspecified atom stereocenters. The third-order valence-corrected chi connectivity index (χ3v) is 4.23. The normalized spacial score (nSPS) is 18.5. The van der Waals surface area contributed by atoms with Crippen molar-refractivity contribution in [3.63, 3.8) is 0 Å². The Balaban J connectivity index is 1.51. The number of hydrogen-bond donors (Lipinski definition) is 0. The first-order chi connectivity index (χ1) is 9.70. The molecule has 0 amide bonds. The Morgan fingerprint density at radius 1 is 1.15 bits per heavy atom. The van der Waals surface area contributed by atoms with Gasteiger partial charge >= 0.3 is 0 Å². The first kappa shape index (κ1) is 13.7. The van der Waals surface area contributed by atoms with Crippen LogP contribution in [0, 0.1) is 17.7 Å². The third kappa shape index (κ3) is 4.14. The Bertz CT molecular complexity index is 466. The SMILES string of the molecule is O=C(CCN(CC1CC1)CC1CC1)c1cccc(F)c1.